The van der Waals surface area contributed by atoms with E-state index in [2.05, 4.69) is 14.7 Å². The fourth-order valence-electron chi connectivity index (χ4n) is 2.70. The number of furan rings is 1. The topological polar surface area (TPSA) is 120 Å². The Bertz CT molecular complexity index is 1360. The van der Waals surface area contributed by atoms with Crippen LogP contribution in [0.15, 0.2) is 86.7 Å². The highest BCUT2D eigenvalue weighted by molar-refractivity contribution is 7.93. The summed E-state index contributed by atoms with van der Waals surface area (Å²) in [5.74, 6) is 0.0148. The molecule has 4 rings (SSSR count). The van der Waals surface area contributed by atoms with Crippen LogP contribution < -0.4 is 14.2 Å². The molecule has 0 amide bonds. The summed E-state index contributed by atoms with van der Waals surface area (Å²) in [6.45, 7) is 0. The maximum absolute atomic E-state index is 12.4. The van der Waals surface area contributed by atoms with Gasteiger partial charge in [0.2, 0.25) is 5.76 Å². The fraction of sp³-hybridized carbons (Fsp3) is 0.0455. The second-order valence-corrected chi connectivity index (χ2v) is 9.05. The second kappa shape index (κ2) is 9.67. The van der Waals surface area contributed by atoms with E-state index in [-0.39, 0.29) is 16.4 Å². The molecule has 0 saturated carbocycles. The van der Waals surface area contributed by atoms with Crippen molar-refractivity contribution in [2.75, 3.05) is 11.8 Å². The first-order valence-electron chi connectivity index (χ1n) is 9.45. The van der Waals surface area contributed by atoms with E-state index >= 15 is 0 Å². The lowest BCUT2D eigenvalue weighted by atomic mass is 10.2. The highest BCUT2D eigenvalue weighted by Gasteiger charge is 2.16. The van der Waals surface area contributed by atoms with Crippen molar-refractivity contribution in [3.8, 4) is 11.5 Å². The zero-order valence-electron chi connectivity index (χ0n) is 17.2. The van der Waals surface area contributed by atoms with Crippen molar-refractivity contribution >= 4 is 44.4 Å². The van der Waals surface area contributed by atoms with Gasteiger partial charge in [0, 0.05) is 17.8 Å². The number of nitrogens with zero attached hydrogens (tertiary/aromatic N) is 2. The van der Waals surface area contributed by atoms with E-state index in [4.69, 9.17) is 13.9 Å². The van der Waals surface area contributed by atoms with E-state index < -0.39 is 16.0 Å². The molecule has 9 nitrogen and oxygen atoms in total. The minimum atomic E-state index is -3.73. The maximum Gasteiger partial charge on any atom is 0.379 e. The highest BCUT2D eigenvalue weighted by Crippen LogP contribution is 2.29. The molecule has 0 aliphatic rings. The summed E-state index contributed by atoms with van der Waals surface area (Å²) in [5.41, 5.74) is 1.24. The minimum Gasteiger partial charge on any atom is -0.493 e. The lowest BCUT2D eigenvalue weighted by Gasteiger charge is -2.09. The molecule has 2 aromatic carbocycles. The standard InChI is InChI=1S/C22H17N3O6S2/c1-29-20-13-15(4-9-18(20)31-21(26)19-3-2-11-30-19)14-24-16-5-7-17(8-6-16)33(27,28)25-22-23-10-12-32-22/h2-14H,1H3,(H,23,25). The Morgan fingerprint density at radius 1 is 1.15 bits per heavy atom. The molecule has 0 spiro atoms. The van der Waals surface area contributed by atoms with Crippen molar-refractivity contribution < 1.29 is 27.1 Å². The minimum absolute atomic E-state index is 0.0787. The number of hydrogen-bond acceptors (Lipinski definition) is 9. The SMILES string of the molecule is COc1cc(C=Nc2ccc(S(=O)(=O)Nc3nccs3)cc2)ccc1OC(=O)c1ccco1. The van der Waals surface area contributed by atoms with Gasteiger partial charge in [0.1, 0.15) is 0 Å². The van der Waals surface area contributed by atoms with Crippen LogP contribution in [0, 0.1) is 0 Å². The van der Waals surface area contributed by atoms with Crippen LogP contribution in [-0.2, 0) is 10.0 Å². The average molecular weight is 484 g/mol. The number of nitrogens with one attached hydrogen (secondary N) is 1. The number of aromatic nitrogens is 1. The molecule has 11 heteroatoms. The van der Waals surface area contributed by atoms with Crippen LogP contribution in [0.2, 0.25) is 0 Å². The lowest BCUT2D eigenvalue weighted by molar-refractivity contribution is 0.0696. The van der Waals surface area contributed by atoms with Crippen LogP contribution in [0.4, 0.5) is 10.8 Å². The van der Waals surface area contributed by atoms with E-state index in [9.17, 15) is 13.2 Å². The Morgan fingerprint density at radius 2 is 1.97 bits per heavy atom. The molecule has 4 aromatic rings. The number of carbonyl (C=O) groups excluding carboxylic acids is 1. The number of hydrogen-bond donors (Lipinski definition) is 1. The molecular formula is C22H17N3O6S2. The van der Waals surface area contributed by atoms with Gasteiger partial charge in [0.25, 0.3) is 10.0 Å². The molecule has 168 valence electrons. The third kappa shape index (κ3) is 5.45. The van der Waals surface area contributed by atoms with Crippen molar-refractivity contribution in [1.29, 1.82) is 0 Å². The number of esters is 1. The number of thiazole rings is 1. The van der Waals surface area contributed by atoms with Gasteiger partial charge >= 0.3 is 5.97 Å². The van der Waals surface area contributed by atoms with Gasteiger partial charge in [-0.25, -0.2) is 18.2 Å². The second-order valence-electron chi connectivity index (χ2n) is 6.47. The summed E-state index contributed by atoms with van der Waals surface area (Å²) < 4.78 is 42.9. The number of aliphatic imine (C=N–C) groups is 1. The van der Waals surface area contributed by atoms with Crippen LogP contribution in [-0.4, -0.2) is 32.7 Å². The smallest absolute Gasteiger partial charge is 0.379 e. The molecule has 1 N–H and O–H groups in total. The summed E-state index contributed by atoms with van der Waals surface area (Å²) in [6, 6.07) is 14.1. The summed E-state index contributed by atoms with van der Waals surface area (Å²) >= 11 is 1.19. The van der Waals surface area contributed by atoms with Crippen molar-refractivity contribution in [2.45, 2.75) is 4.90 Å². The predicted molar refractivity (Wildman–Crippen MR) is 123 cm³/mol. The van der Waals surface area contributed by atoms with Crippen molar-refractivity contribution in [3.63, 3.8) is 0 Å². The van der Waals surface area contributed by atoms with Gasteiger partial charge in [-0.05, 0) is 60.2 Å². The molecular weight excluding hydrogens is 466 g/mol. The Labute approximate surface area is 193 Å². The molecule has 0 fully saturated rings. The molecule has 2 heterocycles. The number of anilines is 1. The van der Waals surface area contributed by atoms with Crippen LogP contribution in [0.5, 0.6) is 11.5 Å². The molecule has 0 unspecified atom stereocenters. The Hall–Kier alpha value is -3.96. The molecule has 0 bridgehead atoms. The van der Waals surface area contributed by atoms with Crippen LogP contribution >= 0.6 is 11.3 Å². The van der Waals surface area contributed by atoms with Gasteiger partial charge in [-0.1, -0.05) is 0 Å². The fourth-order valence-corrected chi connectivity index (χ4v) is 4.49. The van der Waals surface area contributed by atoms with E-state index in [1.54, 1.807) is 48.0 Å². The molecule has 33 heavy (non-hydrogen) atoms. The zero-order chi connectivity index (χ0) is 23.3. The Morgan fingerprint density at radius 3 is 2.64 bits per heavy atom. The summed E-state index contributed by atoms with van der Waals surface area (Å²) in [4.78, 5) is 20.4. The van der Waals surface area contributed by atoms with Crippen molar-refractivity contribution in [3.05, 3.63) is 83.8 Å². The number of methoxy groups -OCH3 is 1. The average Bonchev–Trinajstić information content (AvgIpc) is 3.53. The molecule has 2 aromatic heterocycles. The van der Waals surface area contributed by atoms with E-state index in [0.717, 1.165) is 0 Å². The number of sulfonamides is 1. The summed E-state index contributed by atoms with van der Waals surface area (Å²) in [7, 11) is -2.27. The molecule has 0 aliphatic carbocycles. The van der Waals surface area contributed by atoms with Crippen LogP contribution in [0.3, 0.4) is 0 Å². The number of rotatable bonds is 8. The van der Waals surface area contributed by atoms with Gasteiger partial charge in [0.05, 0.1) is 24.0 Å². The van der Waals surface area contributed by atoms with Gasteiger partial charge < -0.3 is 13.9 Å². The van der Waals surface area contributed by atoms with Gasteiger partial charge in [-0.3, -0.25) is 9.71 Å². The number of ether oxygens (including phenoxy) is 2. The largest absolute Gasteiger partial charge is 0.493 e. The maximum atomic E-state index is 12.4. The Balaban J connectivity index is 1.45. The monoisotopic (exact) mass is 483 g/mol. The first-order valence-corrected chi connectivity index (χ1v) is 11.8. The first kappa shape index (κ1) is 22.2. The van der Waals surface area contributed by atoms with Gasteiger partial charge in [-0.2, -0.15) is 0 Å². The molecule has 0 radical (unpaired) electrons. The molecule has 0 aliphatic heterocycles. The summed E-state index contributed by atoms with van der Waals surface area (Å²) in [6.07, 6.45) is 4.48. The number of carbonyl (C=O) groups is 1. The van der Waals surface area contributed by atoms with E-state index in [1.165, 1.54) is 49.1 Å². The van der Waals surface area contributed by atoms with Crippen LogP contribution in [0.1, 0.15) is 16.1 Å². The predicted octanol–water partition coefficient (Wildman–Crippen LogP) is 4.52. The van der Waals surface area contributed by atoms with Gasteiger partial charge in [0.15, 0.2) is 16.6 Å². The third-order valence-corrected chi connectivity index (χ3v) is 6.45. The summed E-state index contributed by atoms with van der Waals surface area (Å²) in [5, 5.41) is 1.98. The Kier molecular flexibility index (Phi) is 6.52. The normalized spacial score (nSPS) is 11.4. The molecule has 0 atom stereocenters. The van der Waals surface area contributed by atoms with Crippen molar-refractivity contribution in [1.82, 2.24) is 4.98 Å². The van der Waals surface area contributed by atoms with E-state index in [1.807, 2.05) is 0 Å². The highest BCUT2D eigenvalue weighted by atomic mass is 32.2. The zero-order valence-corrected chi connectivity index (χ0v) is 18.8. The van der Waals surface area contributed by atoms with E-state index in [0.29, 0.717) is 22.1 Å². The van der Waals surface area contributed by atoms with Gasteiger partial charge in [-0.15, -0.1) is 11.3 Å². The first-order chi connectivity index (χ1) is 15.9. The quantitative estimate of drug-likeness (QED) is 0.222. The van der Waals surface area contributed by atoms with Crippen LogP contribution in [0.25, 0.3) is 0 Å². The molecule has 0 saturated heterocycles. The lowest BCUT2D eigenvalue weighted by Crippen LogP contribution is -2.12. The third-order valence-electron chi connectivity index (χ3n) is 4.28. The van der Waals surface area contributed by atoms with Crippen molar-refractivity contribution in [2.24, 2.45) is 4.99 Å². The number of benzene rings is 2.